The van der Waals surface area contributed by atoms with E-state index >= 15 is 0 Å². The van der Waals surface area contributed by atoms with E-state index in [-0.39, 0.29) is 31.1 Å². The summed E-state index contributed by atoms with van der Waals surface area (Å²) in [6, 6.07) is 0. The molecule has 0 aliphatic carbocycles. The van der Waals surface area contributed by atoms with Crippen molar-refractivity contribution in [3.63, 3.8) is 0 Å². The lowest BCUT2D eigenvalue weighted by Crippen LogP contribution is -2.30. The zero-order chi connectivity index (χ0) is 49.3. The zero-order valence-electron chi connectivity index (χ0n) is 45.4. The Morgan fingerprint density at radius 1 is 0.309 bits per heavy atom. The Kier molecular flexibility index (Phi) is 54.8. The lowest BCUT2D eigenvalue weighted by Gasteiger charge is -2.18. The highest BCUT2D eigenvalue weighted by atomic mass is 16.6. The van der Waals surface area contributed by atoms with Gasteiger partial charge in [0.25, 0.3) is 0 Å². The van der Waals surface area contributed by atoms with E-state index in [0.29, 0.717) is 19.3 Å². The van der Waals surface area contributed by atoms with Crippen molar-refractivity contribution >= 4 is 17.9 Å². The first-order valence-electron chi connectivity index (χ1n) is 29.7. The lowest BCUT2D eigenvalue weighted by atomic mass is 10.0. The Morgan fingerprint density at radius 2 is 0.588 bits per heavy atom. The number of unbranched alkanes of at least 4 members (excludes halogenated alkanes) is 37. The molecule has 0 fully saturated rings. The summed E-state index contributed by atoms with van der Waals surface area (Å²) in [6.45, 7) is 6.53. The van der Waals surface area contributed by atoms with Crippen LogP contribution in [-0.4, -0.2) is 37.2 Å². The lowest BCUT2D eigenvalue weighted by molar-refractivity contribution is -0.167. The second kappa shape index (κ2) is 57.0. The second-order valence-corrected chi connectivity index (χ2v) is 19.9. The number of allylic oxidation sites excluding steroid dienone is 8. The third kappa shape index (κ3) is 54.3. The van der Waals surface area contributed by atoms with Crippen LogP contribution in [0.15, 0.2) is 48.6 Å². The summed E-state index contributed by atoms with van der Waals surface area (Å²) in [5.74, 6) is -0.887. The molecule has 0 saturated carbocycles. The maximum atomic E-state index is 12.9. The van der Waals surface area contributed by atoms with Crippen LogP contribution in [0.3, 0.4) is 0 Å². The molecule has 0 heterocycles. The molecule has 0 aromatic rings. The van der Waals surface area contributed by atoms with Crippen LogP contribution >= 0.6 is 0 Å². The second-order valence-electron chi connectivity index (χ2n) is 19.9. The van der Waals surface area contributed by atoms with Crippen molar-refractivity contribution in [1.29, 1.82) is 0 Å². The van der Waals surface area contributed by atoms with Crippen molar-refractivity contribution in [3.8, 4) is 0 Å². The molecule has 0 bridgehead atoms. The van der Waals surface area contributed by atoms with Crippen molar-refractivity contribution in [1.82, 2.24) is 0 Å². The third-order valence-electron chi connectivity index (χ3n) is 13.1. The SMILES string of the molecule is CC\C=C/C=C\C=C/CCCCCCCC(=O)OCC(COC(=O)CCCCCCCCC/C=C\CCCCCCCCCC)OC(=O)CCCCCCCCCCCCCCCCCCCC. The van der Waals surface area contributed by atoms with Crippen LogP contribution in [0.25, 0.3) is 0 Å². The molecule has 6 heteroatoms. The number of carbonyl (C=O) groups excluding carboxylic acids is 3. The average Bonchev–Trinajstić information content (AvgIpc) is 3.34. The Hall–Kier alpha value is -2.63. The highest BCUT2D eigenvalue weighted by Gasteiger charge is 2.19. The third-order valence-corrected chi connectivity index (χ3v) is 13.1. The standard InChI is InChI=1S/C62H112O6/c1-4-7-10-13-16-19-22-25-27-29-31-33-34-37-40-43-46-49-52-55-61(64)67-58-59(57-66-60(63)54-51-48-45-42-39-36-24-21-18-15-12-9-6-3)68-62(65)56-53-50-47-44-41-38-35-32-30-28-26-23-20-17-14-11-8-5-2/h9,12,15,18,21,24,29,31,59H,4-8,10-11,13-14,16-17,19-20,22-23,25-28,30,32-58H2,1-3H3/b12-9-,18-15-,24-21-,31-29-. The van der Waals surface area contributed by atoms with Crippen LogP contribution in [0.2, 0.25) is 0 Å². The van der Waals surface area contributed by atoms with Gasteiger partial charge in [0.05, 0.1) is 0 Å². The van der Waals surface area contributed by atoms with E-state index in [1.807, 2.05) is 0 Å². The molecule has 0 saturated heterocycles. The fourth-order valence-corrected chi connectivity index (χ4v) is 8.67. The van der Waals surface area contributed by atoms with Crippen LogP contribution in [0.5, 0.6) is 0 Å². The zero-order valence-corrected chi connectivity index (χ0v) is 45.4. The Morgan fingerprint density at radius 3 is 0.926 bits per heavy atom. The van der Waals surface area contributed by atoms with Gasteiger partial charge in [-0.2, -0.15) is 0 Å². The number of esters is 3. The fraction of sp³-hybridized carbons (Fsp3) is 0.823. The van der Waals surface area contributed by atoms with Crippen LogP contribution in [0, 0.1) is 0 Å². The van der Waals surface area contributed by atoms with Crippen molar-refractivity contribution < 1.29 is 28.6 Å². The van der Waals surface area contributed by atoms with E-state index in [1.165, 1.54) is 186 Å². The van der Waals surface area contributed by atoms with Gasteiger partial charge >= 0.3 is 17.9 Å². The first-order chi connectivity index (χ1) is 33.5. The number of hydrogen-bond acceptors (Lipinski definition) is 6. The molecule has 396 valence electrons. The quantitative estimate of drug-likeness (QED) is 0.0199. The summed E-state index contributed by atoms with van der Waals surface area (Å²) < 4.78 is 16.9. The molecule has 1 unspecified atom stereocenters. The Balaban J connectivity index is 4.33. The summed E-state index contributed by atoms with van der Waals surface area (Å²) in [5.41, 5.74) is 0. The molecule has 0 amide bonds. The monoisotopic (exact) mass is 953 g/mol. The minimum Gasteiger partial charge on any atom is -0.462 e. The fourth-order valence-electron chi connectivity index (χ4n) is 8.67. The van der Waals surface area contributed by atoms with Crippen LogP contribution in [0.4, 0.5) is 0 Å². The smallest absolute Gasteiger partial charge is 0.306 e. The van der Waals surface area contributed by atoms with E-state index in [2.05, 4.69) is 69.4 Å². The molecule has 0 N–H and O–H groups in total. The normalized spacial score (nSPS) is 12.3. The van der Waals surface area contributed by atoms with Crippen LogP contribution in [-0.2, 0) is 28.6 Å². The van der Waals surface area contributed by atoms with E-state index in [4.69, 9.17) is 14.2 Å². The predicted octanol–water partition coefficient (Wildman–Crippen LogP) is 19.8. The summed E-state index contributed by atoms with van der Waals surface area (Å²) >= 11 is 0. The van der Waals surface area contributed by atoms with Gasteiger partial charge in [0.2, 0.25) is 0 Å². The van der Waals surface area contributed by atoms with Gasteiger partial charge in [-0.1, -0.05) is 275 Å². The van der Waals surface area contributed by atoms with Crippen LogP contribution < -0.4 is 0 Å². The van der Waals surface area contributed by atoms with Crippen LogP contribution in [0.1, 0.15) is 310 Å². The molecule has 0 aliphatic rings. The molecule has 0 aromatic heterocycles. The molecular formula is C62H112O6. The molecule has 6 nitrogen and oxygen atoms in total. The summed E-state index contributed by atoms with van der Waals surface area (Å²) in [5, 5.41) is 0. The molecule has 0 rings (SSSR count). The van der Waals surface area contributed by atoms with E-state index in [0.717, 1.165) is 83.5 Å². The maximum absolute atomic E-state index is 12.9. The largest absolute Gasteiger partial charge is 0.462 e. The first-order valence-corrected chi connectivity index (χ1v) is 29.7. The number of hydrogen-bond donors (Lipinski definition) is 0. The van der Waals surface area contributed by atoms with Gasteiger partial charge in [0.1, 0.15) is 13.2 Å². The van der Waals surface area contributed by atoms with Gasteiger partial charge in [-0.25, -0.2) is 0 Å². The molecule has 0 aromatic carbocycles. The van der Waals surface area contributed by atoms with Gasteiger partial charge in [0.15, 0.2) is 6.10 Å². The van der Waals surface area contributed by atoms with E-state index in [9.17, 15) is 14.4 Å². The maximum Gasteiger partial charge on any atom is 0.306 e. The highest BCUT2D eigenvalue weighted by Crippen LogP contribution is 2.17. The first kappa shape index (κ1) is 65.4. The van der Waals surface area contributed by atoms with Gasteiger partial charge in [0, 0.05) is 19.3 Å². The summed E-state index contributed by atoms with van der Waals surface area (Å²) in [7, 11) is 0. The minimum atomic E-state index is -0.781. The van der Waals surface area contributed by atoms with Gasteiger partial charge in [-0.3, -0.25) is 14.4 Å². The van der Waals surface area contributed by atoms with Gasteiger partial charge in [-0.05, 0) is 64.2 Å². The average molecular weight is 954 g/mol. The molecule has 0 aliphatic heterocycles. The molecule has 0 spiro atoms. The number of rotatable bonds is 54. The number of ether oxygens (including phenoxy) is 3. The van der Waals surface area contributed by atoms with Gasteiger partial charge < -0.3 is 14.2 Å². The van der Waals surface area contributed by atoms with E-state index in [1.54, 1.807) is 0 Å². The van der Waals surface area contributed by atoms with Crippen molar-refractivity contribution in [2.75, 3.05) is 13.2 Å². The van der Waals surface area contributed by atoms with Crippen molar-refractivity contribution in [3.05, 3.63) is 48.6 Å². The summed E-state index contributed by atoms with van der Waals surface area (Å²) in [6.07, 6.45) is 69.7. The Labute approximate surface area is 422 Å². The number of carbonyl (C=O) groups is 3. The van der Waals surface area contributed by atoms with Crippen molar-refractivity contribution in [2.24, 2.45) is 0 Å². The Bertz CT molecular complexity index is 1190. The molecule has 68 heavy (non-hydrogen) atoms. The highest BCUT2D eigenvalue weighted by molar-refractivity contribution is 5.71. The predicted molar refractivity (Wildman–Crippen MR) is 293 cm³/mol. The molecular weight excluding hydrogens is 841 g/mol. The molecule has 0 radical (unpaired) electrons. The van der Waals surface area contributed by atoms with Gasteiger partial charge in [-0.15, -0.1) is 0 Å². The summed E-state index contributed by atoms with van der Waals surface area (Å²) in [4.78, 5) is 38.2. The van der Waals surface area contributed by atoms with Crippen molar-refractivity contribution in [2.45, 2.75) is 316 Å². The molecule has 1 atom stereocenters. The minimum absolute atomic E-state index is 0.0791. The topological polar surface area (TPSA) is 78.9 Å². The van der Waals surface area contributed by atoms with E-state index < -0.39 is 6.10 Å².